The summed E-state index contributed by atoms with van der Waals surface area (Å²) in [5, 5.41) is 10.0. The van der Waals surface area contributed by atoms with Gasteiger partial charge >= 0.3 is 0 Å². The van der Waals surface area contributed by atoms with Crippen molar-refractivity contribution in [2.45, 2.75) is 32.0 Å². The summed E-state index contributed by atoms with van der Waals surface area (Å²) in [5.41, 5.74) is 2.29. The number of benzene rings is 1. The molecule has 0 bridgehead atoms. The molecule has 4 heteroatoms. The van der Waals surface area contributed by atoms with Crippen molar-refractivity contribution in [2.24, 2.45) is 0 Å². The smallest absolute Gasteiger partial charge is 0.122 e. The van der Waals surface area contributed by atoms with Crippen LogP contribution in [0.1, 0.15) is 34.9 Å². The van der Waals surface area contributed by atoms with Crippen LogP contribution in [-0.4, -0.2) is 5.11 Å². The summed E-state index contributed by atoms with van der Waals surface area (Å²) in [7, 11) is 0. The van der Waals surface area contributed by atoms with E-state index in [2.05, 4.69) is 28.1 Å². The molecular weight excluding hydrogens is 324 g/mol. The van der Waals surface area contributed by atoms with Gasteiger partial charge in [-0.25, -0.2) is 0 Å². The van der Waals surface area contributed by atoms with E-state index in [1.165, 1.54) is 10.4 Å². The third-order valence-electron chi connectivity index (χ3n) is 3.41. The monoisotopic (exact) mass is 338 g/mol. The first-order valence-corrected chi connectivity index (χ1v) is 8.01. The molecule has 0 fully saturated rings. The lowest BCUT2D eigenvalue weighted by molar-refractivity contribution is 0.156. The van der Waals surface area contributed by atoms with Crippen LogP contribution in [0.2, 0.25) is 0 Å². The highest BCUT2D eigenvalue weighted by Crippen LogP contribution is 2.32. The van der Waals surface area contributed by atoms with E-state index >= 15 is 0 Å². The molecule has 1 aromatic carbocycles. The van der Waals surface area contributed by atoms with Gasteiger partial charge in [0.2, 0.25) is 0 Å². The van der Waals surface area contributed by atoms with Crippen LogP contribution >= 0.6 is 27.3 Å². The fourth-order valence-electron chi connectivity index (χ4n) is 2.43. The van der Waals surface area contributed by atoms with Gasteiger partial charge in [0.15, 0.2) is 0 Å². The van der Waals surface area contributed by atoms with Crippen LogP contribution in [0.25, 0.3) is 0 Å². The molecule has 0 saturated heterocycles. The normalized spacial score (nSPS) is 18.1. The second kappa shape index (κ2) is 5.65. The van der Waals surface area contributed by atoms with E-state index in [0.717, 1.165) is 34.4 Å². The quantitative estimate of drug-likeness (QED) is 0.895. The second-order valence-corrected chi connectivity index (χ2v) is 7.31. The van der Waals surface area contributed by atoms with Crippen molar-refractivity contribution in [1.29, 1.82) is 0 Å². The van der Waals surface area contributed by atoms with Crippen LogP contribution in [-0.2, 0) is 13.0 Å². The zero-order valence-electron chi connectivity index (χ0n) is 10.4. The Hall–Kier alpha value is -0.840. The predicted octanol–water partition coefficient (Wildman–Crippen LogP) is 4.46. The van der Waals surface area contributed by atoms with E-state index in [1.807, 2.05) is 18.2 Å². The van der Waals surface area contributed by atoms with Crippen LogP contribution in [0.15, 0.2) is 34.1 Å². The molecule has 0 aliphatic heterocycles. The van der Waals surface area contributed by atoms with Gasteiger partial charge in [0.1, 0.15) is 12.4 Å². The summed E-state index contributed by atoms with van der Waals surface area (Å²) in [5.74, 6) is 0.837. The van der Waals surface area contributed by atoms with Gasteiger partial charge in [-0.05, 0) is 70.6 Å². The number of hydrogen-bond donors (Lipinski definition) is 1. The first-order chi connectivity index (χ1) is 9.22. The van der Waals surface area contributed by atoms with Crippen molar-refractivity contribution in [3.05, 3.63) is 50.1 Å². The number of hydrogen-bond acceptors (Lipinski definition) is 3. The molecule has 1 aliphatic rings. The number of thiophene rings is 1. The van der Waals surface area contributed by atoms with Gasteiger partial charge in [-0.1, -0.05) is 6.07 Å². The molecule has 1 aromatic heterocycles. The summed E-state index contributed by atoms with van der Waals surface area (Å²) in [6, 6.07) is 10.2. The standard InChI is InChI=1S/C15H15BrO2S/c16-15-7-6-12(19-15)9-18-11-5-4-10-2-1-3-14(17)13(10)8-11/h4-8,14,17H,1-3,9H2. The molecule has 0 amide bonds. The molecule has 2 aromatic rings. The molecule has 3 rings (SSSR count). The predicted molar refractivity (Wildman–Crippen MR) is 80.7 cm³/mol. The summed E-state index contributed by atoms with van der Waals surface area (Å²) in [6.07, 6.45) is 2.65. The largest absolute Gasteiger partial charge is 0.488 e. The Bertz CT molecular complexity index is 579. The lowest BCUT2D eigenvalue weighted by atomic mass is 9.89. The lowest BCUT2D eigenvalue weighted by Gasteiger charge is -2.21. The van der Waals surface area contributed by atoms with Crippen LogP contribution in [0, 0.1) is 0 Å². The fourth-order valence-corrected chi connectivity index (χ4v) is 3.82. The van der Waals surface area contributed by atoms with Gasteiger partial charge < -0.3 is 9.84 Å². The lowest BCUT2D eigenvalue weighted by Crippen LogP contribution is -2.09. The maximum Gasteiger partial charge on any atom is 0.122 e. The zero-order chi connectivity index (χ0) is 13.2. The van der Waals surface area contributed by atoms with Gasteiger partial charge in [0, 0.05) is 4.88 Å². The minimum absolute atomic E-state index is 0.330. The van der Waals surface area contributed by atoms with Crippen molar-refractivity contribution in [3.8, 4) is 5.75 Å². The van der Waals surface area contributed by atoms with Gasteiger partial charge in [-0.15, -0.1) is 11.3 Å². The Labute approximate surface area is 125 Å². The zero-order valence-corrected chi connectivity index (χ0v) is 12.8. The maximum atomic E-state index is 10.0. The minimum atomic E-state index is -0.330. The van der Waals surface area contributed by atoms with E-state index < -0.39 is 0 Å². The summed E-state index contributed by atoms with van der Waals surface area (Å²) in [4.78, 5) is 1.19. The average Bonchev–Trinajstić information content (AvgIpc) is 2.83. The highest BCUT2D eigenvalue weighted by atomic mass is 79.9. The molecule has 0 radical (unpaired) electrons. The molecule has 1 N–H and O–H groups in total. The molecule has 1 atom stereocenters. The van der Waals surface area contributed by atoms with Gasteiger partial charge in [0.05, 0.1) is 9.89 Å². The van der Waals surface area contributed by atoms with Crippen LogP contribution in [0.3, 0.4) is 0 Å². The Morgan fingerprint density at radius 1 is 1.32 bits per heavy atom. The number of aryl methyl sites for hydroxylation is 1. The molecule has 1 heterocycles. The first kappa shape index (κ1) is 13.2. The van der Waals surface area contributed by atoms with Crippen molar-refractivity contribution >= 4 is 27.3 Å². The molecular formula is C15H15BrO2S. The van der Waals surface area contributed by atoms with Gasteiger partial charge in [0.25, 0.3) is 0 Å². The number of aliphatic hydroxyl groups is 1. The Balaban J connectivity index is 1.73. The molecule has 0 saturated carbocycles. The summed E-state index contributed by atoms with van der Waals surface area (Å²) in [6.45, 7) is 0.575. The van der Waals surface area contributed by atoms with Crippen molar-refractivity contribution in [1.82, 2.24) is 0 Å². The highest BCUT2D eigenvalue weighted by Gasteiger charge is 2.18. The molecule has 19 heavy (non-hydrogen) atoms. The van der Waals surface area contributed by atoms with Crippen molar-refractivity contribution < 1.29 is 9.84 Å². The number of rotatable bonds is 3. The molecule has 1 aliphatic carbocycles. The Kier molecular flexibility index (Phi) is 3.91. The summed E-state index contributed by atoms with van der Waals surface area (Å²) >= 11 is 5.12. The van der Waals surface area contributed by atoms with Crippen molar-refractivity contribution in [2.75, 3.05) is 0 Å². The second-order valence-electron chi connectivity index (χ2n) is 4.76. The molecule has 100 valence electrons. The van der Waals surface area contributed by atoms with Crippen molar-refractivity contribution in [3.63, 3.8) is 0 Å². The third kappa shape index (κ3) is 3.02. The highest BCUT2D eigenvalue weighted by molar-refractivity contribution is 9.11. The number of ether oxygens (including phenoxy) is 1. The molecule has 0 spiro atoms. The number of aliphatic hydroxyl groups excluding tert-OH is 1. The van der Waals surface area contributed by atoms with E-state index in [0.29, 0.717) is 6.61 Å². The van der Waals surface area contributed by atoms with E-state index in [1.54, 1.807) is 11.3 Å². The average molecular weight is 339 g/mol. The van der Waals surface area contributed by atoms with Crippen LogP contribution in [0.4, 0.5) is 0 Å². The summed E-state index contributed by atoms with van der Waals surface area (Å²) < 4.78 is 6.92. The minimum Gasteiger partial charge on any atom is -0.488 e. The Morgan fingerprint density at radius 2 is 2.21 bits per heavy atom. The van der Waals surface area contributed by atoms with E-state index in [-0.39, 0.29) is 6.10 Å². The van der Waals surface area contributed by atoms with Crippen LogP contribution < -0.4 is 4.74 Å². The van der Waals surface area contributed by atoms with E-state index in [9.17, 15) is 5.11 Å². The topological polar surface area (TPSA) is 29.5 Å². The first-order valence-electron chi connectivity index (χ1n) is 6.40. The SMILES string of the molecule is OC1CCCc2ccc(OCc3ccc(Br)s3)cc21. The van der Waals surface area contributed by atoms with E-state index in [4.69, 9.17) is 4.74 Å². The van der Waals surface area contributed by atoms with Crippen LogP contribution in [0.5, 0.6) is 5.75 Å². The number of halogens is 1. The Morgan fingerprint density at radius 3 is 3.00 bits per heavy atom. The van der Waals surface area contributed by atoms with Gasteiger partial charge in [-0.2, -0.15) is 0 Å². The third-order valence-corrected chi connectivity index (χ3v) is 5.01. The fraction of sp³-hybridized carbons (Fsp3) is 0.333. The molecule has 2 nitrogen and oxygen atoms in total. The molecule has 1 unspecified atom stereocenters. The van der Waals surface area contributed by atoms with Gasteiger partial charge in [-0.3, -0.25) is 0 Å². The number of fused-ring (bicyclic) bond motifs is 1. The maximum absolute atomic E-state index is 10.0.